The van der Waals surface area contributed by atoms with E-state index in [4.69, 9.17) is 9.47 Å². The van der Waals surface area contributed by atoms with Crippen LogP contribution in [0.4, 0.5) is 5.69 Å². The molecule has 0 bridgehead atoms. The Morgan fingerprint density at radius 3 is 2.15 bits per heavy atom. The van der Waals surface area contributed by atoms with Gasteiger partial charge in [0.2, 0.25) is 5.91 Å². The molecule has 1 N–H and O–H groups in total. The average Bonchev–Trinajstić information content (AvgIpc) is 2.60. The first-order valence-electron chi connectivity index (χ1n) is 8.82. The van der Waals surface area contributed by atoms with Crippen LogP contribution >= 0.6 is 0 Å². The van der Waals surface area contributed by atoms with Crippen molar-refractivity contribution in [2.75, 3.05) is 19.5 Å². The van der Waals surface area contributed by atoms with Gasteiger partial charge in [-0.1, -0.05) is 26.8 Å². The molecule has 2 aromatic rings. The highest BCUT2D eigenvalue weighted by molar-refractivity contribution is 5.96. The number of nitrogens with one attached hydrogen (secondary N) is 1. The summed E-state index contributed by atoms with van der Waals surface area (Å²) < 4.78 is 10.7. The lowest BCUT2D eigenvalue weighted by atomic mass is 9.87. The lowest BCUT2D eigenvalue weighted by Crippen LogP contribution is -2.17. The molecule has 2 rings (SSSR count). The third-order valence-corrected chi connectivity index (χ3v) is 4.38. The standard InChI is InChI=1S/C22H27NO4/c1-14(24)15-7-9-19(26-5)16(11-15)12-21(25)23-18-13-17(22(2,3)4)8-10-20(18)27-6/h7-11,13H,12H2,1-6H3,(H,23,25). The Balaban J connectivity index is 2.28. The number of ketones is 1. The highest BCUT2D eigenvalue weighted by Gasteiger charge is 2.18. The first-order chi connectivity index (χ1) is 12.7. The van der Waals surface area contributed by atoms with Crippen molar-refractivity contribution in [1.82, 2.24) is 0 Å². The van der Waals surface area contributed by atoms with Crippen LogP contribution in [-0.4, -0.2) is 25.9 Å². The molecular formula is C22H27NO4. The van der Waals surface area contributed by atoms with Crippen molar-refractivity contribution in [3.05, 3.63) is 53.1 Å². The van der Waals surface area contributed by atoms with Crippen LogP contribution < -0.4 is 14.8 Å². The molecule has 0 radical (unpaired) electrons. The van der Waals surface area contributed by atoms with Gasteiger partial charge < -0.3 is 14.8 Å². The molecule has 5 heteroatoms. The Morgan fingerprint density at radius 1 is 0.963 bits per heavy atom. The van der Waals surface area contributed by atoms with Gasteiger partial charge in [-0.15, -0.1) is 0 Å². The Hall–Kier alpha value is -2.82. The molecule has 0 atom stereocenters. The van der Waals surface area contributed by atoms with Gasteiger partial charge in [0.1, 0.15) is 11.5 Å². The summed E-state index contributed by atoms with van der Waals surface area (Å²) in [7, 11) is 3.11. The van der Waals surface area contributed by atoms with E-state index in [1.54, 1.807) is 32.4 Å². The van der Waals surface area contributed by atoms with Crippen molar-refractivity contribution in [2.24, 2.45) is 0 Å². The average molecular weight is 369 g/mol. The van der Waals surface area contributed by atoms with Gasteiger partial charge in [-0.05, 0) is 48.2 Å². The number of carbonyl (C=O) groups excluding carboxylic acids is 2. The van der Waals surface area contributed by atoms with Gasteiger partial charge in [0, 0.05) is 11.1 Å². The number of benzene rings is 2. The van der Waals surface area contributed by atoms with Crippen molar-refractivity contribution in [1.29, 1.82) is 0 Å². The number of carbonyl (C=O) groups is 2. The van der Waals surface area contributed by atoms with Crippen LogP contribution in [0, 0.1) is 0 Å². The minimum atomic E-state index is -0.210. The van der Waals surface area contributed by atoms with Gasteiger partial charge in [-0.2, -0.15) is 0 Å². The van der Waals surface area contributed by atoms with Crippen LogP contribution in [0.1, 0.15) is 49.2 Å². The lowest BCUT2D eigenvalue weighted by molar-refractivity contribution is -0.115. The van der Waals surface area contributed by atoms with Crippen LogP contribution in [0.5, 0.6) is 11.5 Å². The summed E-state index contributed by atoms with van der Waals surface area (Å²) in [4.78, 5) is 24.3. The van der Waals surface area contributed by atoms with E-state index >= 15 is 0 Å². The number of anilines is 1. The van der Waals surface area contributed by atoms with E-state index in [-0.39, 0.29) is 23.5 Å². The van der Waals surface area contributed by atoms with Crippen molar-refractivity contribution in [2.45, 2.75) is 39.5 Å². The molecule has 0 heterocycles. The lowest BCUT2D eigenvalue weighted by Gasteiger charge is -2.21. The second kappa shape index (κ2) is 8.25. The number of amides is 1. The van der Waals surface area contributed by atoms with E-state index in [1.165, 1.54) is 6.92 Å². The first kappa shape index (κ1) is 20.5. The zero-order valence-electron chi connectivity index (χ0n) is 16.8. The van der Waals surface area contributed by atoms with Crippen LogP contribution in [0.25, 0.3) is 0 Å². The summed E-state index contributed by atoms with van der Waals surface area (Å²) in [5, 5.41) is 2.92. The van der Waals surface area contributed by atoms with Crippen LogP contribution in [0.2, 0.25) is 0 Å². The van der Waals surface area contributed by atoms with Crippen LogP contribution in [-0.2, 0) is 16.6 Å². The summed E-state index contributed by atoms with van der Waals surface area (Å²) in [6, 6.07) is 10.9. The maximum Gasteiger partial charge on any atom is 0.229 e. The number of rotatable bonds is 6. The van der Waals surface area contributed by atoms with E-state index in [2.05, 4.69) is 26.1 Å². The molecule has 0 fully saturated rings. The highest BCUT2D eigenvalue weighted by atomic mass is 16.5. The second-order valence-electron chi connectivity index (χ2n) is 7.47. The molecule has 2 aromatic carbocycles. The zero-order chi connectivity index (χ0) is 20.2. The molecule has 0 aliphatic heterocycles. The normalized spacial score (nSPS) is 11.0. The van der Waals surface area contributed by atoms with Gasteiger partial charge in [-0.3, -0.25) is 9.59 Å². The van der Waals surface area contributed by atoms with Gasteiger partial charge >= 0.3 is 0 Å². The van der Waals surface area contributed by atoms with E-state index in [9.17, 15) is 9.59 Å². The largest absolute Gasteiger partial charge is 0.496 e. The number of Topliss-reactive ketones (excluding diaryl/α,β-unsaturated/α-hetero) is 1. The second-order valence-corrected chi connectivity index (χ2v) is 7.47. The van der Waals surface area contributed by atoms with Crippen molar-refractivity contribution < 1.29 is 19.1 Å². The Morgan fingerprint density at radius 2 is 1.59 bits per heavy atom. The third kappa shape index (κ3) is 5.09. The summed E-state index contributed by atoms with van der Waals surface area (Å²) in [5.41, 5.74) is 2.87. The molecule has 0 spiro atoms. The van der Waals surface area contributed by atoms with Crippen LogP contribution in [0.3, 0.4) is 0 Å². The van der Waals surface area contributed by atoms with E-state index in [1.807, 2.05) is 18.2 Å². The fraction of sp³-hybridized carbons (Fsp3) is 0.364. The van der Waals surface area contributed by atoms with Gasteiger partial charge in [0.05, 0.1) is 26.3 Å². The molecule has 5 nitrogen and oxygen atoms in total. The summed E-state index contributed by atoms with van der Waals surface area (Å²) >= 11 is 0. The van der Waals surface area contributed by atoms with Crippen molar-refractivity contribution in [3.63, 3.8) is 0 Å². The predicted octanol–water partition coefficient (Wildman–Crippen LogP) is 4.39. The van der Waals surface area contributed by atoms with Crippen molar-refractivity contribution in [3.8, 4) is 11.5 Å². The number of methoxy groups -OCH3 is 2. The molecular weight excluding hydrogens is 342 g/mol. The van der Waals surface area contributed by atoms with E-state index in [0.717, 1.165) is 5.56 Å². The SMILES string of the molecule is COc1ccc(C(C)=O)cc1CC(=O)Nc1cc(C(C)(C)C)ccc1OC. The maximum atomic E-state index is 12.7. The summed E-state index contributed by atoms with van der Waals surface area (Å²) in [6.45, 7) is 7.82. The van der Waals surface area contributed by atoms with Gasteiger partial charge in [-0.25, -0.2) is 0 Å². The minimum absolute atomic E-state index is 0.0508. The van der Waals surface area contributed by atoms with Gasteiger partial charge in [0.15, 0.2) is 5.78 Å². The summed E-state index contributed by atoms with van der Waals surface area (Å²) in [5.74, 6) is 0.906. The Labute approximate surface area is 160 Å². The number of hydrogen-bond donors (Lipinski definition) is 1. The Kier molecular flexibility index (Phi) is 6.26. The quantitative estimate of drug-likeness (QED) is 0.767. The van der Waals surface area contributed by atoms with Gasteiger partial charge in [0.25, 0.3) is 0 Å². The molecule has 0 aliphatic carbocycles. The molecule has 144 valence electrons. The van der Waals surface area contributed by atoms with E-state index < -0.39 is 0 Å². The maximum absolute atomic E-state index is 12.7. The molecule has 27 heavy (non-hydrogen) atoms. The van der Waals surface area contributed by atoms with E-state index in [0.29, 0.717) is 28.3 Å². The topological polar surface area (TPSA) is 64.6 Å². The number of ether oxygens (including phenoxy) is 2. The fourth-order valence-electron chi connectivity index (χ4n) is 2.78. The molecule has 1 amide bonds. The van der Waals surface area contributed by atoms with Crippen LogP contribution in [0.15, 0.2) is 36.4 Å². The smallest absolute Gasteiger partial charge is 0.229 e. The highest BCUT2D eigenvalue weighted by Crippen LogP contribution is 2.31. The fourth-order valence-corrected chi connectivity index (χ4v) is 2.78. The zero-order valence-corrected chi connectivity index (χ0v) is 16.8. The molecule has 0 saturated heterocycles. The molecule has 0 aromatic heterocycles. The monoisotopic (exact) mass is 369 g/mol. The third-order valence-electron chi connectivity index (χ3n) is 4.38. The Bertz CT molecular complexity index is 850. The molecule has 0 aliphatic rings. The summed E-state index contributed by atoms with van der Waals surface area (Å²) in [6.07, 6.45) is 0.0905. The number of hydrogen-bond acceptors (Lipinski definition) is 4. The van der Waals surface area contributed by atoms with Crippen molar-refractivity contribution >= 4 is 17.4 Å². The molecule has 0 unspecified atom stereocenters. The molecule has 0 saturated carbocycles. The first-order valence-corrected chi connectivity index (χ1v) is 8.82. The minimum Gasteiger partial charge on any atom is -0.496 e. The predicted molar refractivity (Wildman–Crippen MR) is 107 cm³/mol.